The Kier molecular flexibility index (Phi) is 7.68. The van der Waals surface area contributed by atoms with Crippen LogP contribution in [0.4, 0.5) is 11.4 Å². The molecule has 0 spiro atoms. The van der Waals surface area contributed by atoms with Crippen LogP contribution in [0.15, 0.2) is 77.9 Å². The molecule has 33 heavy (non-hydrogen) atoms. The Morgan fingerprint density at radius 1 is 1.03 bits per heavy atom. The van der Waals surface area contributed by atoms with Crippen LogP contribution in [-0.2, 0) is 4.79 Å². The molecule has 0 saturated heterocycles. The summed E-state index contributed by atoms with van der Waals surface area (Å²) < 4.78 is 10.7. The molecule has 2 amide bonds. The van der Waals surface area contributed by atoms with E-state index in [0.717, 1.165) is 0 Å². The van der Waals surface area contributed by atoms with E-state index >= 15 is 0 Å². The second kappa shape index (κ2) is 11.0. The van der Waals surface area contributed by atoms with Gasteiger partial charge in [0.15, 0.2) is 6.61 Å². The van der Waals surface area contributed by atoms with Crippen molar-refractivity contribution in [1.29, 1.82) is 0 Å². The number of hydrazone groups is 1. The van der Waals surface area contributed by atoms with Crippen LogP contribution in [0, 0.1) is 10.1 Å². The van der Waals surface area contributed by atoms with E-state index in [2.05, 4.69) is 15.8 Å². The number of ether oxygens (including phenoxy) is 2. The zero-order valence-electron chi connectivity index (χ0n) is 17.6. The number of carbonyl (C=O) groups excluding carboxylic acids is 2. The quantitative estimate of drug-likeness (QED) is 0.293. The first-order valence-corrected chi connectivity index (χ1v) is 9.70. The average molecular weight is 448 g/mol. The van der Waals surface area contributed by atoms with E-state index in [1.54, 1.807) is 55.6 Å². The number of nitrogens with zero attached hydrogens (tertiary/aromatic N) is 2. The summed E-state index contributed by atoms with van der Waals surface area (Å²) in [6.45, 7) is -0.230. The van der Waals surface area contributed by atoms with E-state index in [4.69, 9.17) is 9.47 Å². The number of nitro benzene ring substituents is 1. The number of carbonyl (C=O) groups is 2. The van der Waals surface area contributed by atoms with Gasteiger partial charge in [-0.15, -0.1) is 0 Å². The number of non-ortho nitro benzene ring substituents is 1. The minimum absolute atomic E-state index is 0.114. The van der Waals surface area contributed by atoms with Crippen molar-refractivity contribution in [1.82, 2.24) is 5.43 Å². The van der Waals surface area contributed by atoms with Gasteiger partial charge in [-0.25, -0.2) is 5.43 Å². The van der Waals surface area contributed by atoms with Crippen molar-refractivity contribution in [2.45, 2.75) is 0 Å². The third-order valence-electron chi connectivity index (χ3n) is 4.36. The molecule has 10 heteroatoms. The van der Waals surface area contributed by atoms with Gasteiger partial charge in [-0.2, -0.15) is 5.10 Å². The average Bonchev–Trinajstić information content (AvgIpc) is 2.84. The van der Waals surface area contributed by atoms with E-state index in [1.807, 2.05) is 0 Å². The van der Waals surface area contributed by atoms with E-state index in [0.29, 0.717) is 22.7 Å². The molecule has 0 aliphatic rings. The Balaban J connectivity index is 1.55. The van der Waals surface area contributed by atoms with Crippen LogP contribution in [0.5, 0.6) is 11.5 Å². The van der Waals surface area contributed by atoms with Crippen molar-refractivity contribution >= 4 is 29.4 Å². The highest BCUT2D eigenvalue weighted by atomic mass is 16.6. The first kappa shape index (κ1) is 22.9. The first-order valence-electron chi connectivity index (χ1n) is 9.70. The van der Waals surface area contributed by atoms with Crippen LogP contribution in [0.1, 0.15) is 15.9 Å². The maximum atomic E-state index is 12.2. The lowest BCUT2D eigenvalue weighted by atomic mass is 10.2. The topological polar surface area (TPSA) is 132 Å². The van der Waals surface area contributed by atoms with Crippen molar-refractivity contribution in [3.63, 3.8) is 0 Å². The molecule has 168 valence electrons. The molecule has 2 N–H and O–H groups in total. The fraction of sp³-hybridized carbons (Fsp3) is 0.0870. The molecular weight excluding hydrogens is 428 g/mol. The highest BCUT2D eigenvalue weighted by Crippen LogP contribution is 2.17. The highest BCUT2D eigenvalue weighted by molar-refractivity contribution is 5.95. The number of hydrogen-bond donors (Lipinski definition) is 2. The van der Waals surface area contributed by atoms with Gasteiger partial charge in [0, 0.05) is 28.9 Å². The fourth-order valence-corrected chi connectivity index (χ4v) is 2.69. The van der Waals surface area contributed by atoms with Crippen LogP contribution in [-0.4, -0.2) is 36.7 Å². The standard InChI is InChI=1S/C23H20N4O6/c1-32-20-12-8-18(9-13-20)25-22(28)15-33-21-5-3-2-4-17(21)14-24-26-23(29)16-6-10-19(11-7-16)27(30)31/h2-14H,15H2,1H3,(H,25,28)(H,26,29)/b24-14+. The van der Waals surface area contributed by atoms with Gasteiger partial charge in [0.1, 0.15) is 11.5 Å². The molecule has 0 aliphatic carbocycles. The second-order valence-corrected chi connectivity index (χ2v) is 6.61. The van der Waals surface area contributed by atoms with Gasteiger partial charge in [-0.3, -0.25) is 19.7 Å². The summed E-state index contributed by atoms with van der Waals surface area (Å²) in [6.07, 6.45) is 1.38. The molecule has 0 saturated carbocycles. The Morgan fingerprint density at radius 3 is 2.39 bits per heavy atom. The zero-order valence-corrected chi connectivity index (χ0v) is 17.6. The maximum absolute atomic E-state index is 12.2. The predicted molar refractivity (Wildman–Crippen MR) is 122 cm³/mol. The van der Waals surface area contributed by atoms with Crippen molar-refractivity contribution < 1.29 is 24.0 Å². The molecule has 3 aromatic carbocycles. The second-order valence-electron chi connectivity index (χ2n) is 6.61. The number of nitro groups is 1. The van der Waals surface area contributed by atoms with Crippen molar-refractivity contribution in [3.05, 3.63) is 94.0 Å². The molecule has 0 fully saturated rings. The molecular formula is C23H20N4O6. The smallest absolute Gasteiger partial charge is 0.271 e. The Bertz CT molecular complexity index is 1160. The number of anilines is 1. The minimum Gasteiger partial charge on any atom is -0.497 e. The lowest BCUT2D eigenvalue weighted by Crippen LogP contribution is -2.20. The number of rotatable bonds is 9. The Labute approximate surface area is 189 Å². The third kappa shape index (κ3) is 6.62. The molecule has 10 nitrogen and oxygen atoms in total. The summed E-state index contributed by atoms with van der Waals surface area (Å²) in [4.78, 5) is 34.5. The van der Waals surface area contributed by atoms with Crippen molar-refractivity contribution in [3.8, 4) is 11.5 Å². The normalized spacial score (nSPS) is 10.5. The monoisotopic (exact) mass is 448 g/mol. The van der Waals surface area contributed by atoms with Crippen LogP contribution < -0.4 is 20.2 Å². The molecule has 0 heterocycles. The Morgan fingerprint density at radius 2 is 1.73 bits per heavy atom. The van der Waals surface area contributed by atoms with Gasteiger partial charge >= 0.3 is 0 Å². The maximum Gasteiger partial charge on any atom is 0.271 e. The van der Waals surface area contributed by atoms with Gasteiger partial charge < -0.3 is 14.8 Å². The van der Waals surface area contributed by atoms with Crippen LogP contribution in [0.2, 0.25) is 0 Å². The van der Waals surface area contributed by atoms with Gasteiger partial charge in [0.05, 0.1) is 18.2 Å². The SMILES string of the molecule is COc1ccc(NC(=O)COc2ccccc2/C=N/NC(=O)c2ccc([N+](=O)[O-])cc2)cc1. The lowest BCUT2D eigenvalue weighted by Gasteiger charge is -2.10. The summed E-state index contributed by atoms with van der Waals surface area (Å²) in [5.74, 6) is 0.200. The first-order chi connectivity index (χ1) is 16.0. The Hall–Kier alpha value is -4.73. The lowest BCUT2D eigenvalue weighted by molar-refractivity contribution is -0.384. The van der Waals surface area contributed by atoms with E-state index in [-0.39, 0.29) is 23.8 Å². The summed E-state index contributed by atoms with van der Waals surface area (Å²) in [7, 11) is 1.56. The van der Waals surface area contributed by atoms with E-state index in [9.17, 15) is 19.7 Å². The number of benzene rings is 3. The predicted octanol–water partition coefficient (Wildman–Crippen LogP) is 3.38. The molecule has 3 aromatic rings. The summed E-state index contributed by atoms with van der Waals surface area (Å²) in [5.41, 5.74) is 3.60. The summed E-state index contributed by atoms with van der Waals surface area (Å²) in [6, 6.07) is 18.9. The highest BCUT2D eigenvalue weighted by Gasteiger charge is 2.09. The third-order valence-corrected chi connectivity index (χ3v) is 4.36. The number of para-hydroxylation sites is 1. The van der Waals surface area contributed by atoms with Crippen LogP contribution in [0.3, 0.4) is 0 Å². The molecule has 0 unspecified atom stereocenters. The summed E-state index contributed by atoms with van der Waals surface area (Å²) in [5, 5.41) is 17.3. The number of methoxy groups -OCH3 is 1. The van der Waals surface area contributed by atoms with Crippen LogP contribution >= 0.6 is 0 Å². The largest absolute Gasteiger partial charge is 0.497 e. The van der Waals surface area contributed by atoms with Crippen molar-refractivity contribution in [2.75, 3.05) is 19.0 Å². The van der Waals surface area contributed by atoms with Gasteiger partial charge in [0.25, 0.3) is 17.5 Å². The van der Waals surface area contributed by atoms with Gasteiger partial charge in [-0.1, -0.05) is 12.1 Å². The van der Waals surface area contributed by atoms with E-state index < -0.39 is 10.8 Å². The molecule has 0 radical (unpaired) electrons. The summed E-state index contributed by atoms with van der Waals surface area (Å²) >= 11 is 0. The zero-order chi connectivity index (χ0) is 23.6. The van der Waals surface area contributed by atoms with Gasteiger partial charge in [-0.05, 0) is 48.5 Å². The number of nitrogens with one attached hydrogen (secondary N) is 2. The number of hydrogen-bond acceptors (Lipinski definition) is 7. The molecule has 0 aliphatic heterocycles. The minimum atomic E-state index is -0.548. The van der Waals surface area contributed by atoms with Crippen molar-refractivity contribution in [2.24, 2.45) is 5.10 Å². The molecule has 0 bridgehead atoms. The number of amides is 2. The molecule has 0 aromatic heterocycles. The fourth-order valence-electron chi connectivity index (χ4n) is 2.69. The molecule has 0 atom stereocenters. The van der Waals surface area contributed by atoms with Gasteiger partial charge in [0.2, 0.25) is 0 Å². The van der Waals surface area contributed by atoms with E-state index in [1.165, 1.54) is 30.5 Å². The van der Waals surface area contributed by atoms with Crippen LogP contribution in [0.25, 0.3) is 0 Å². The molecule has 3 rings (SSSR count).